The molecule has 1 N–H and O–H groups in total. The van der Waals surface area contributed by atoms with Crippen molar-refractivity contribution in [1.29, 1.82) is 5.26 Å². The Morgan fingerprint density at radius 2 is 1.79 bits per heavy atom. The van der Waals surface area contributed by atoms with Crippen LogP contribution in [0.5, 0.6) is 11.8 Å². The number of piperidine rings is 1. The Hall–Kier alpha value is -4.09. The van der Waals surface area contributed by atoms with E-state index in [1.165, 1.54) is 37.1 Å². The van der Waals surface area contributed by atoms with Gasteiger partial charge in [-0.1, -0.05) is 23.7 Å². The predicted octanol–water partition coefficient (Wildman–Crippen LogP) is 6.89. The fourth-order valence-corrected chi connectivity index (χ4v) is 4.69. The number of hydrogen-bond acceptors (Lipinski definition) is 7. The number of anilines is 1. The third-order valence-electron chi connectivity index (χ3n) is 6.21. The predicted molar refractivity (Wildman–Crippen MR) is 147 cm³/mol. The molecule has 9 heteroatoms. The van der Waals surface area contributed by atoms with Crippen molar-refractivity contribution in [2.45, 2.75) is 45.6 Å². The first-order valence-corrected chi connectivity index (χ1v) is 12.9. The molecule has 0 aliphatic carbocycles. The standard InChI is InChI=1S/C29H28ClN5O3/c1-29(2,3)38-27(36)22-15-21(12-9-19(22)17-31)37-28-32-24-16-23(30)25(33-26(24)34-28)18-7-10-20(11-8-18)35-13-5-4-6-14-35/h7-12,15-16H,4-6,13-14H2,1-3H3,(H,32,33,34). The number of esters is 1. The van der Waals surface area contributed by atoms with E-state index in [2.05, 4.69) is 32.0 Å². The molecule has 8 nitrogen and oxygen atoms in total. The number of nitrogens with zero attached hydrogens (tertiary/aromatic N) is 4. The highest BCUT2D eigenvalue weighted by Gasteiger charge is 2.22. The summed E-state index contributed by atoms with van der Waals surface area (Å²) in [5.41, 5.74) is 3.41. The molecule has 0 spiro atoms. The molecule has 2 aromatic heterocycles. The summed E-state index contributed by atoms with van der Waals surface area (Å²) in [7, 11) is 0. The van der Waals surface area contributed by atoms with Crippen molar-refractivity contribution in [2.75, 3.05) is 18.0 Å². The van der Waals surface area contributed by atoms with Crippen molar-refractivity contribution in [2.24, 2.45) is 0 Å². The lowest BCUT2D eigenvalue weighted by atomic mass is 10.1. The monoisotopic (exact) mass is 529 g/mol. The number of rotatable bonds is 5. The number of aromatic nitrogens is 3. The summed E-state index contributed by atoms with van der Waals surface area (Å²) < 4.78 is 11.3. The van der Waals surface area contributed by atoms with E-state index < -0.39 is 11.6 Å². The zero-order chi connectivity index (χ0) is 26.9. The quantitative estimate of drug-likeness (QED) is 0.281. The van der Waals surface area contributed by atoms with E-state index in [4.69, 9.17) is 21.1 Å². The maximum Gasteiger partial charge on any atom is 0.340 e. The number of pyridine rings is 1. The first kappa shape index (κ1) is 25.6. The third-order valence-corrected chi connectivity index (χ3v) is 6.50. The van der Waals surface area contributed by atoms with Crippen LogP contribution >= 0.6 is 11.6 Å². The average molecular weight is 530 g/mol. The number of nitrogens with one attached hydrogen (secondary N) is 1. The van der Waals surface area contributed by atoms with Crippen LogP contribution in [-0.2, 0) is 4.74 Å². The van der Waals surface area contributed by atoms with Crippen LogP contribution in [0.25, 0.3) is 22.4 Å². The highest BCUT2D eigenvalue weighted by molar-refractivity contribution is 6.33. The van der Waals surface area contributed by atoms with Crippen LogP contribution in [0.3, 0.4) is 0 Å². The number of carbonyl (C=O) groups excluding carboxylic acids is 1. The summed E-state index contributed by atoms with van der Waals surface area (Å²) in [5.74, 6) is -0.281. The Kier molecular flexibility index (Phi) is 6.96. The summed E-state index contributed by atoms with van der Waals surface area (Å²) in [6.07, 6.45) is 3.74. The maximum absolute atomic E-state index is 12.6. The third kappa shape index (κ3) is 5.58. The van der Waals surface area contributed by atoms with Gasteiger partial charge in [-0.05, 0) is 76.4 Å². The minimum Gasteiger partial charge on any atom is -0.456 e. The normalized spacial score (nSPS) is 13.8. The molecule has 0 bridgehead atoms. The maximum atomic E-state index is 12.6. The number of hydrogen-bond donors (Lipinski definition) is 1. The fourth-order valence-electron chi connectivity index (χ4n) is 4.43. The molecule has 38 heavy (non-hydrogen) atoms. The van der Waals surface area contributed by atoms with Crippen LogP contribution in [0.15, 0.2) is 48.5 Å². The Morgan fingerprint density at radius 1 is 1.05 bits per heavy atom. The largest absolute Gasteiger partial charge is 0.456 e. The molecule has 1 aliphatic rings. The molecule has 194 valence electrons. The number of nitriles is 1. The molecule has 0 atom stereocenters. The molecule has 3 heterocycles. The summed E-state index contributed by atoms with van der Waals surface area (Å²) in [6.45, 7) is 7.46. The molecule has 0 unspecified atom stereocenters. The number of halogens is 1. The topological polar surface area (TPSA) is 104 Å². The van der Waals surface area contributed by atoms with Gasteiger partial charge in [0, 0.05) is 24.3 Å². The van der Waals surface area contributed by atoms with Gasteiger partial charge in [-0.15, -0.1) is 0 Å². The number of ether oxygens (including phenoxy) is 2. The lowest BCUT2D eigenvalue weighted by molar-refractivity contribution is 0.00688. The lowest BCUT2D eigenvalue weighted by Crippen LogP contribution is -2.29. The smallest absolute Gasteiger partial charge is 0.340 e. The minimum atomic E-state index is -0.698. The van der Waals surface area contributed by atoms with E-state index in [9.17, 15) is 10.1 Å². The highest BCUT2D eigenvalue weighted by Crippen LogP contribution is 2.32. The Balaban J connectivity index is 1.39. The van der Waals surface area contributed by atoms with Crippen LogP contribution in [0, 0.1) is 11.3 Å². The molecule has 0 saturated carbocycles. The van der Waals surface area contributed by atoms with Crippen molar-refractivity contribution < 1.29 is 14.3 Å². The van der Waals surface area contributed by atoms with E-state index in [-0.39, 0.29) is 17.1 Å². The van der Waals surface area contributed by atoms with Crippen molar-refractivity contribution in [1.82, 2.24) is 15.0 Å². The number of fused-ring (bicyclic) bond motifs is 1. The van der Waals surface area contributed by atoms with Crippen LogP contribution in [-0.4, -0.2) is 39.6 Å². The van der Waals surface area contributed by atoms with Crippen molar-refractivity contribution in [3.05, 3.63) is 64.7 Å². The minimum absolute atomic E-state index is 0.118. The van der Waals surface area contributed by atoms with Gasteiger partial charge in [0.25, 0.3) is 0 Å². The molecular weight excluding hydrogens is 502 g/mol. The number of carbonyl (C=O) groups is 1. The number of imidazole rings is 1. The fraction of sp³-hybridized carbons (Fsp3) is 0.310. The van der Waals surface area contributed by atoms with Crippen molar-refractivity contribution >= 4 is 34.4 Å². The molecule has 0 radical (unpaired) electrons. The van der Waals surface area contributed by atoms with Crippen LogP contribution in [0.1, 0.15) is 56.0 Å². The van der Waals surface area contributed by atoms with Crippen LogP contribution < -0.4 is 9.64 Å². The summed E-state index contributed by atoms with van der Waals surface area (Å²) in [4.78, 5) is 27.2. The molecule has 4 aromatic rings. The van der Waals surface area contributed by atoms with E-state index in [1.807, 2.05) is 18.2 Å². The van der Waals surface area contributed by atoms with Gasteiger partial charge in [0.15, 0.2) is 5.65 Å². The highest BCUT2D eigenvalue weighted by atomic mass is 35.5. The second-order valence-corrected chi connectivity index (χ2v) is 10.7. The number of benzene rings is 2. The molecule has 0 amide bonds. The molecule has 1 fully saturated rings. The molecule has 1 saturated heterocycles. The SMILES string of the molecule is CC(C)(C)OC(=O)c1cc(Oc2nc3nc(-c4ccc(N5CCCCC5)cc4)c(Cl)cc3[nH]2)ccc1C#N. The zero-order valence-electron chi connectivity index (χ0n) is 21.5. The van der Waals surface area contributed by atoms with E-state index >= 15 is 0 Å². The van der Waals surface area contributed by atoms with Crippen molar-refractivity contribution in [3.8, 4) is 29.1 Å². The molecule has 5 rings (SSSR count). The summed E-state index contributed by atoms with van der Waals surface area (Å²) in [6, 6.07) is 16.8. The number of H-pyrrole nitrogens is 1. The molecule has 2 aromatic carbocycles. The second-order valence-electron chi connectivity index (χ2n) is 10.2. The van der Waals surface area contributed by atoms with E-state index in [0.29, 0.717) is 27.6 Å². The summed E-state index contributed by atoms with van der Waals surface area (Å²) in [5, 5.41) is 9.92. The van der Waals surface area contributed by atoms with Gasteiger partial charge in [0.05, 0.1) is 27.4 Å². The van der Waals surface area contributed by atoms with E-state index in [1.54, 1.807) is 32.9 Å². The van der Waals surface area contributed by atoms with E-state index in [0.717, 1.165) is 18.7 Å². The van der Waals surface area contributed by atoms with Gasteiger partial charge >= 0.3 is 12.0 Å². The van der Waals surface area contributed by atoms with Gasteiger partial charge in [-0.25, -0.2) is 9.78 Å². The van der Waals surface area contributed by atoms with Crippen LogP contribution in [0.2, 0.25) is 5.02 Å². The average Bonchev–Trinajstić information content (AvgIpc) is 3.28. The first-order valence-electron chi connectivity index (χ1n) is 12.6. The lowest BCUT2D eigenvalue weighted by Gasteiger charge is -2.28. The van der Waals surface area contributed by atoms with Crippen molar-refractivity contribution in [3.63, 3.8) is 0 Å². The van der Waals surface area contributed by atoms with Gasteiger partial charge in [0.2, 0.25) is 0 Å². The van der Waals surface area contributed by atoms with Gasteiger partial charge in [-0.2, -0.15) is 10.2 Å². The van der Waals surface area contributed by atoms with Gasteiger partial charge in [-0.3, -0.25) is 0 Å². The second kappa shape index (κ2) is 10.3. The molecule has 1 aliphatic heterocycles. The van der Waals surface area contributed by atoms with Gasteiger partial charge < -0.3 is 19.4 Å². The zero-order valence-corrected chi connectivity index (χ0v) is 22.3. The van der Waals surface area contributed by atoms with Gasteiger partial charge in [0.1, 0.15) is 17.4 Å². The first-order chi connectivity index (χ1) is 18.2. The van der Waals surface area contributed by atoms with Crippen LogP contribution in [0.4, 0.5) is 5.69 Å². The number of aromatic amines is 1. The molecular formula is C29H28ClN5O3. The Morgan fingerprint density at radius 3 is 2.47 bits per heavy atom. The summed E-state index contributed by atoms with van der Waals surface area (Å²) >= 11 is 6.59. The Bertz CT molecular complexity index is 1530. The Labute approximate surface area is 226 Å².